The Kier molecular flexibility index (Phi) is 6.92. The number of urea groups is 1. The normalized spacial score (nSPS) is 15.0. The third-order valence-corrected chi connectivity index (χ3v) is 6.50. The van der Waals surface area contributed by atoms with Crippen LogP contribution in [-0.2, 0) is 19.1 Å². The molecule has 0 radical (unpaired) electrons. The highest BCUT2D eigenvalue weighted by Gasteiger charge is 2.44. The van der Waals surface area contributed by atoms with Gasteiger partial charge in [-0.3, -0.25) is 5.10 Å². The number of anilines is 2. The van der Waals surface area contributed by atoms with Gasteiger partial charge in [-0.2, -0.15) is 18.6 Å². The third-order valence-electron chi connectivity index (χ3n) is 6.50. The number of carbonyl (C=O) groups excluding carboxylic acids is 1. The number of aromatic amines is 1. The van der Waals surface area contributed by atoms with E-state index >= 15 is 0 Å². The average molecular weight is 509 g/mol. The van der Waals surface area contributed by atoms with Crippen LogP contribution < -0.4 is 10.6 Å². The molecular weight excluding hydrogens is 476 g/mol. The van der Waals surface area contributed by atoms with E-state index in [-0.39, 0.29) is 25.6 Å². The minimum absolute atomic E-state index is 0. The Balaban J connectivity index is 0.00000304. The Morgan fingerprint density at radius 3 is 2.64 bits per heavy atom. The number of hydrogen-bond acceptors (Lipinski definition) is 7. The number of hydrogen-bond donors (Lipinski definition) is 3. The summed E-state index contributed by atoms with van der Waals surface area (Å²) in [4.78, 5) is 30.5. The van der Waals surface area contributed by atoms with Crippen LogP contribution in [0.4, 0.5) is 16.4 Å². The molecule has 1 aliphatic rings. The summed E-state index contributed by atoms with van der Waals surface area (Å²) in [5.74, 6) is 1.20. The number of aryl methyl sites for hydroxylation is 1. The van der Waals surface area contributed by atoms with Gasteiger partial charge >= 0.3 is 6.03 Å². The SMILES string of the molecule is CN(C)C[C@@H](NC(=O)N1Cc2c(Nc3ncnc4c3ncn4C)n[nH]c2C1(C)C)c1ccccc1.S. The number of carbonyl (C=O) groups is 1. The number of nitrogens with zero attached hydrogens (tertiary/aromatic N) is 7. The highest BCUT2D eigenvalue weighted by atomic mass is 32.1. The predicted molar refractivity (Wildman–Crippen MR) is 143 cm³/mol. The summed E-state index contributed by atoms with van der Waals surface area (Å²) < 4.78 is 1.84. The van der Waals surface area contributed by atoms with E-state index in [1.54, 1.807) is 6.33 Å². The first-order chi connectivity index (χ1) is 16.8. The summed E-state index contributed by atoms with van der Waals surface area (Å²) >= 11 is 0. The first-order valence-corrected chi connectivity index (χ1v) is 11.5. The molecule has 2 amide bonds. The summed E-state index contributed by atoms with van der Waals surface area (Å²) in [6, 6.07) is 9.77. The number of nitrogens with one attached hydrogen (secondary N) is 3. The minimum atomic E-state index is -0.572. The lowest BCUT2D eigenvalue weighted by molar-refractivity contribution is 0.138. The summed E-state index contributed by atoms with van der Waals surface area (Å²) in [5, 5.41) is 14.2. The zero-order chi connectivity index (χ0) is 24.7. The zero-order valence-corrected chi connectivity index (χ0v) is 22.1. The van der Waals surface area contributed by atoms with Gasteiger partial charge in [0.1, 0.15) is 6.33 Å². The number of aromatic nitrogens is 6. The van der Waals surface area contributed by atoms with Crippen molar-refractivity contribution in [3.05, 3.63) is 59.8 Å². The maximum atomic E-state index is 13.5. The summed E-state index contributed by atoms with van der Waals surface area (Å²) in [7, 11) is 5.89. The maximum Gasteiger partial charge on any atom is 0.319 e. The van der Waals surface area contributed by atoms with Gasteiger partial charge in [-0.25, -0.2) is 19.7 Å². The lowest BCUT2D eigenvalue weighted by Crippen LogP contribution is -2.48. The molecule has 0 aliphatic carbocycles. The molecule has 0 unspecified atom stereocenters. The summed E-state index contributed by atoms with van der Waals surface area (Å²) in [6.45, 7) is 5.14. The molecule has 3 aromatic heterocycles. The molecule has 12 heteroatoms. The smallest absolute Gasteiger partial charge is 0.319 e. The number of amides is 2. The number of H-pyrrole nitrogens is 1. The molecule has 1 aromatic carbocycles. The van der Waals surface area contributed by atoms with Crippen LogP contribution in [0.15, 0.2) is 43.0 Å². The molecule has 190 valence electrons. The molecule has 0 saturated carbocycles. The highest BCUT2D eigenvalue weighted by Crippen LogP contribution is 2.41. The van der Waals surface area contributed by atoms with Gasteiger partial charge in [0, 0.05) is 19.2 Å². The zero-order valence-electron chi connectivity index (χ0n) is 21.1. The third kappa shape index (κ3) is 4.49. The molecule has 4 aromatic rings. The molecule has 11 nitrogen and oxygen atoms in total. The Bertz CT molecular complexity index is 1360. The molecule has 5 rings (SSSR count). The standard InChI is InChI=1S/C24H30N10O.H2S/c1-24(2)19-16(20(31-30-19)29-21-18-22(26-13-25-21)33(5)14-27-18)11-34(24)23(35)28-17(12-32(3)4)15-9-7-6-8-10-15;/h6-10,13-14,17H,11-12H2,1-5H3,(H,28,35)(H2,25,26,29,30,31);1H2/t17-;/m1./s1. The van der Waals surface area contributed by atoms with Crippen LogP contribution in [0.2, 0.25) is 0 Å². The van der Waals surface area contributed by atoms with Crippen molar-refractivity contribution in [1.82, 2.24) is 44.8 Å². The molecule has 1 aliphatic heterocycles. The van der Waals surface area contributed by atoms with Gasteiger partial charge in [-0.05, 0) is 33.5 Å². The van der Waals surface area contributed by atoms with Crippen LogP contribution in [0.5, 0.6) is 0 Å². The maximum absolute atomic E-state index is 13.5. The Morgan fingerprint density at radius 2 is 1.92 bits per heavy atom. The van der Waals surface area contributed by atoms with Crippen molar-refractivity contribution in [2.24, 2.45) is 7.05 Å². The fraction of sp³-hybridized carbons (Fsp3) is 0.375. The van der Waals surface area contributed by atoms with Crippen molar-refractivity contribution in [3.8, 4) is 0 Å². The summed E-state index contributed by atoms with van der Waals surface area (Å²) in [5.41, 5.74) is 3.70. The summed E-state index contributed by atoms with van der Waals surface area (Å²) in [6.07, 6.45) is 3.20. The van der Waals surface area contributed by atoms with Crippen LogP contribution >= 0.6 is 13.5 Å². The van der Waals surface area contributed by atoms with Crippen molar-refractivity contribution in [1.29, 1.82) is 0 Å². The largest absolute Gasteiger partial charge is 0.330 e. The molecule has 0 bridgehead atoms. The topological polar surface area (TPSA) is 120 Å². The van der Waals surface area contributed by atoms with Gasteiger partial charge in [0.05, 0.1) is 30.1 Å². The van der Waals surface area contributed by atoms with E-state index in [9.17, 15) is 4.79 Å². The van der Waals surface area contributed by atoms with Gasteiger partial charge in [0.25, 0.3) is 0 Å². The van der Waals surface area contributed by atoms with Gasteiger partial charge in [-0.15, -0.1) is 0 Å². The van der Waals surface area contributed by atoms with Crippen molar-refractivity contribution >= 4 is 42.3 Å². The van der Waals surface area contributed by atoms with E-state index in [2.05, 4.69) is 40.7 Å². The van der Waals surface area contributed by atoms with E-state index in [4.69, 9.17) is 0 Å². The second-order valence-corrected chi connectivity index (χ2v) is 9.62. The van der Waals surface area contributed by atoms with Crippen molar-refractivity contribution in [2.45, 2.75) is 32.0 Å². The Morgan fingerprint density at radius 1 is 1.17 bits per heavy atom. The average Bonchev–Trinajstić information content (AvgIpc) is 3.48. The van der Waals surface area contributed by atoms with E-state index in [0.717, 1.165) is 22.5 Å². The first kappa shape index (κ1) is 25.5. The van der Waals surface area contributed by atoms with Crippen molar-refractivity contribution < 1.29 is 4.79 Å². The molecule has 3 N–H and O–H groups in total. The van der Waals surface area contributed by atoms with Crippen molar-refractivity contribution in [3.63, 3.8) is 0 Å². The van der Waals surface area contributed by atoms with Crippen LogP contribution in [0.3, 0.4) is 0 Å². The number of likely N-dealkylation sites (N-methyl/N-ethyl adjacent to an activating group) is 1. The monoisotopic (exact) mass is 508 g/mol. The van der Waals surface area contributed by atoms with Gasteiger partial charge in [-0.1, -0.05) is 30.3 Å². The van der Waals surface area contributed by atoms with Crippen LogP contribution in [0.1, 0.15) is 36.7 Å². The van der Waals surface area contributed by atoms with Crippen LogP contribution in [-0.4, -0.2) is 66.2 Å². The van der Waals surface area contributed by atoms with Gasteiger partial charge < -0.3 is 25.0 Å². The predicted octanol–water partition coefficient (Wildman–Crippen LogP) is 3.01. The molecule has 0 spiro atoms. The molecule has 0 fully saturated rings. The number of rotatable bonds is 6. The Labute approximate surface area is 216 Å². The lowest BCUT2D eigenvalue weighted by Gasteiger charge is -2.34. The van der Waals surface area contributed by atoms with E-state index < -0.39 is 5.54 Å². The van der Waals surface area contributed by atoms with Crippen molar-refractivity contribution in [2.75, 3.05) is 26.0 Å². The molecular formula is C24H32N10OS. The highest BCUT2D eigenvalue weighted by molar-refractivity contribution is 7.59. The molecule has 4 heterocycles. The number of benzene rings is 1. The van der Waals surface area contributed by atoms with E-state index in [1.165, 1.54) is 6.33 Å². The Hall–Kier alpha value is -3.64. The first-order valence-electron chi connectivity index (χ1n) is 11.5. The lowest BCUT2D eigenvalue weighted by atomic mass is 10.0. The molecule has 36 heavy (non-hydrogen) atoms. The fourth-order valence-electron chi connectivity index (χ4n) is 4.61. The fourth-order valence-corrected chi connectivity index (χ4v) is 4.61. The second kappa shape index (κ2) is 9.78. The van der Waals surface area contributed by atoms with Gasteiger partial charge in [0.2, 0.25) is 0 Å². The molecule has 0 saturated heterocycles. The molecule has 1 atom stereocenters. The minimum Gasteiger partial charge on any atom is -0.330 e. The second-order valence-electron chi connectivity index (χ2n) is 9.62. The van der Waals surface area contributed by atoms with E-state index in [0.29, 0.717) is 30.2 Å². The van der Waals surface area contributed by atoms with Crippen LogP contribution in [0.25, 0.3) is 11.2 Å². The van der Waals surface area contributed by atoms with Crippen LogP contribution in [0, 0.1) is 0 Å². The van der Waals surface area contributed by atoms with Gasteiger partial charge in [0.15, 0.2) is 22.8 Å². The number of imidazole rings is 1. The number of fused-ring (bicyclic) bond motifs is 2. The quantitative estimate of drug-likeness (QED) is 0.366. The van der Waals surface area contributed by atoms with E-state index in [1.807, 2.05) is 74.8 Å².